The number of carbonyl (C=O) groups is 2. The van der Waals surface area contributed by atoms with Crippen molar-refractivity contribution in [1.29, 1.82) is 0 Å². The predicted molar refractivity (Wildman–Crippen MR) is 114 cm³/mol. The molecule has 0 atom stereocenters. The molecule has 1 heterocycles. The Hall–Kier alpha value is -3.18. The first-order valence-electron chi connectivity index (χ1n) is 9.26. The van der Waals surface area contributed by atoms with Crippen molar-refractivity contribution in [3.63, 3.8) is 0 Å². The number of hydrogen-bond donors (Lipinski definition) is 0. The zero-order valence-electron chi connectivity index (χ0n) is 16.1. The maximum Gasteiger partial charge on any atom is 0.341 e. The molecule has 0 aliphatic rings. The summed E-state index contributed by atoms with van der Waals surface area (Å²) in [5.74, 6) is -1.23. The lowest BCUT2D eigenvalue weighted by Crippen LogP contribution is -2.17. The van der Waals surface area contributed by atoms with E-state index in [0.717, 1.165) is 5.56 Å². The number of pyridine rings is 1. The molecule has 5 nitrogen and oxygen atoms in total. The monoisotopic (exact) mass is 409 g/mol. The normalized spacial score (nSPS) is 11.0. The van der Waals surface area contributed by atoms with Gasteiger partial charge in [-0.25, -0.2) is 14.6 Å². The largest absolute Gasteiger partial charge is 0.462 e. The van der Waals surface area contributed by atoms with Crippen LogP contribution in [-0.4, -0.2) is 30.1 Å². The van der Waals surface area contributed by atoms with Crippen molar-refractivity contribution in [2.75, 3.05) is 13.2 Å². The van der Waals surface area contributed by atoms with Crippen LogP contribution in [0.3, 0.4) is 0 Å². The molecule has 29 heavy (non-hydrogen) atoms. The molecule has 0 saturated heterocycles. The van der Waals surface area contributed by atoms with E-state index in [2.05, 4.69) is 4.98 Å². The highest BCUT2D eigenvalue weighted by Crippen LogP contribution is 2.27. The molecule has 3 rings (SSSR count). The number of carbonyl (C=O) groups excluding carboxylic acids is 2. The molecule has 0 spiro atoms. The first-order valence-corrected chi connectivity index (χ1v) is 9.64. The highest BCUT2D eigenvalue weighted by molar-refractivity contribution is 6.32. The molecule has 2 aromatic carbocycles. The summed E-state index contributed by atoms with van der Waals surface area (Å²) in [6.45, 7) is 3.77. The highest BCUT2D eigenvalue weighted by atomic mass is 35.5. The van der Waals surface area contributed by atoms with Gasteiger partial charge < -0.3 is 9.47 Å². The Balaban J connectivity index is 2.27. The van der Waals surface area contributed by atoms with Gasteiger partial charge in [0.05, 0.1) is 30.0 Å². The van der Waals surface area contributed by atoms with Gasteiger partial charge in [-0.1, -0.05) is 54.1 Å². The number of esters is 2. The Labute approximate surface area is 173 Å². The molecule has 0 saturated carbocycles. The quantitative estimate of drug-likeness (QED) is 0.509. The van der Waals surface area contributed by atoms with Crippen LogP contribution in [0, 0.1) is 0 Å². The fourth-order valence-corrected chi connectivity index (χ4v) is 3.15. The third-order valence-corrected chi connectivity index (χ3v) is 4.55. The SMILES string of the molecule is CCOC(=O)c1c(/C=C/c2ccccc2Cl)nc2ccccc2c1C(=O)OCC. The maximum atomic E-state index is 12.8. The van der Waals surface area contributed by atoms with Gasteiger partial charge in [-0.05, 0) is 37.6 Å². The first-order chi connectivity index (χ1) is 14.1. The average molecular weight is 410 g/mol. The van der Waals surface area contributed by atoms with Gasteiger partial charge in [-0.3, -0.25) is 0 Å². The van der Waals surface area contributed by atoms with Gasteiger partial charge >= 0.3 is 11.9 Å². The number of para-hydroxylation sites is 1. The third kappa shape index (κ3) is 4.46. The number of benzene rings is 2. The third-order valence-electron chi connectivity index (χ3n) is 4.21. The second kappa shape index (κ2) is 9.34. The Morgan fingerprint density at radius 3 is 2.21 bits per heavy atom. The van der Waals surface area contributed by atoms with Crippen molar-refractivity contribution in [3.05, 3.63) is 75.9 Å². The van der Waals surface area contributed by atoms with Crippen LogP contribution in [0.5, 0.6) is 0 Å². The van der Waals surface area contributed by atoms with E-state index in [1.54, 1.807) is 50.3 Å². The van der Waals surface area contributed by atoms with E-state index in [1.165, 1.54) is 0 Å². The van der Waals surface area contributed by atoms with Gasteiger partial charge in [0, 0.05) is 10.4 Å². The average Bonchev–Trinajstić information content (AvgIpc) is 2.72. The summed E-state index contributed by atoms with van der Waals surface area (Å²) >= 11 is 6.22. The smallest absolute Gasteiger partial charge is 0.341 e. The number of aromatic nitrogens is 1. The van der Waals surface area contributed by atoms with Crippen LogP contribution in [0.2, 0.25) is 5.02 Å². The molecule has 0 bridgehead atoms. The molecule has 6 heteroatoms. The molecule has 0 unspecified atom stereocenters. The van der Waals surface area contributed by atoms with Gasteiger partial charge in [-0.15, -0.1) is 0 Å². The number of rotatable bonds is 6. The summed E-state index contributed by atoms with van der Waals surface area (Å²) in [4.78, 5) is 30.1. The molecular weight excluding hydrogens is 390 g/mol. The molecule has 0 amide bonds. The fraction of sp³-hybridized carbons (Fsp3) is 0.174. The van der Waals surface area contributed by atoms with Crippen molar-refractivity contribution in [2.45, 2.75) is 13.8 Å². The Bertz CT molecular complexity index is 1090. The van der Waals surface area contributed by atoms with Crippen molar-refractivity contribution in [2.24, 2.45) is 0 Å². The van der Waals surface area contributed by atoms with Crippen LogP contribution >= 0.6 is 11.6 Å². The topological polar surface area (TPSA) is 65.5 Å². The van der Waals surface area contributed by atoms with Gasteiger partial charge in [0.15, 0.2) is 0 Å². The summed E-state index contributed by atoms with van der Waals surface area (Å²) in [7, 11) is 0. The summed E-state index contributed by atoms with van der Waals surface area (Å²) in [5, 5.41) is 1.09. The minimum Gasteiger partial charge on any atom is -0.462 e. The number of nitrogens with zero attached hydrogens (tertiary/aromatic N) is 1. The van der Waals surface area contributed by atoms with Crippen molar-refractivity contribution < 1.29 is 19.1 Å². The predicted octanol–water partition coefficient (Wildman–Crippen LogP) is 5.41. The lowest BCUT2D eigenvalue weighted by molar-refractivity contribution is 0.0480. The maximum absolute atomic E-state index is 12.8. The van der Waals surface area contributed by atoms with Crippen molar-refractivity contribution in [3.8, 4) is 0 Å². The van der Waals surface area contributed by atoms with Crippen LogP contribution in [0.1, 0.15) is 45.8 Å². The standard InChI is InChI=1S/C23H20ClNO4/c1-3-28-22(26)20-16-10-6-8-12-18(16)25-19(21(20)23(27)29-4-2)14-13-15-9-5-7-11-17(15)24/h5-14H,3-4H2,1-2H3/b14-13+. The van der Waals surface area contributed by atoms with Gasteiger partial charge in [0.1, 0.15) is 5.56 Å². The molecule has 0 fully saturated rings. The van der Waals surface area contributed by atoms with E-state index in [0.29, 0.717) is 21.6 Å². The number of ether oxygens (including phenoxy) is 2. The second-order valence-electron chi connectivity index (χ2n) is 6.06. The molecule has 0 aliphatic heterocycles. The fourth-order valence-electron chi connectivity index (χ4n) is 2.96. The molecule has 1 aromatic heterocycles. The first kappa shape index (κ1) is 20.6. The molecule has 3 aromatic rings. The minimum absolute atomic E-state index is 0.0762. The molecule has 0 radical (unpaired) electrons. The lowest BCUT2D eigenvalue weighted by atomic mass is 9.99. The molecule has 148 valence electrons. The van der Waals surface area contributed by atoms with Gasteiger partial charge in [-0.2, -0.15) is 0 Å². The second-order valence-corrected chi connectivity index (χ2v) is 6.47. The van der Waals surface area contributed by atoms with Crippen LogP contribution in [0.15, 0.2) is 48.5 Å². The van der Waals surface area contributed by atoms with Crippen LogP contribution < -0.4 is 0 Å². The minimum atomic E-state index is -0.632. The number of fused-ring (bicyclic) bond motifs is 1. The summed E-state index contributed by atoms with van der Waals surface area (Å²) < 4.78 is 10.4. The van der Waals surface area contributed by atoms with E-state index < -0.39 is 11.9 Å². The van der Waals surface area contributed by atoms with E-state index in [-0.39, 0.29) is 24.3 Å². The molecular formula is C23H20ClNO4. The number of hydrogen-bond acceptors (Lipinski definition) is 5. The molecule has 0 aliphatic carbocycles. The Morgan fingerprint density at radius 2 is 1.52 bits per heavy atom. The summed E-state index contributed by atoms with van der Waals surface area (Å²) in [5.41, 5.74) is 1.87. The van der Waals surface area contributed by atoms with Crippen LogP contribution in [-0.2, 0) is 9.47 Å². The zero-order valence-corrected chi connectivity index (χ0v) is 16.9. The van der Waals surface area contributed by atoms with E-state index >= 15 is 0 Å². The summed E-state index contributed by atoms with van der Waals surface area (Å²) in [6, 6.07) is 14.4. The van der Waals surface area contributed by atoms with Crippen molar-refractivity contribution >= 4 is 46.6 Å². The Morgan fingerprint density at radius 1 is 0.897 bits per heavy atom. The Kier molecular flexibility index (Phi) is 6.62. The van der Waals surface area contributed by atoms with E-state index in [1.807, 2.05) is 24.3 Å². The van der Waals surface area contributed by atoms with Gasteiger partial charge in [0.2, 0.25) is 0 Å². The lowest BCUT2D eigenvalue weighted by Gasteiger charge is -2.14. The molecule has 0 N–H and O–H groups in total. The van der Waals surface area contributed by atoms with E-state index in [9.17, 15) is 9.59 Å². The summed E-state index contributed by atoms with van der Waals surface area (Å²) in [6.07, 6.45) is 3.40. The van der Waals surface area contributed by atoms with Gasteiger partial charge in [0.25, 0.3) is 0 Å². The van der Waals surface area contributed by atoms with Crippen LogP contribution in [0.25, 0.3) is 23.1 Å². The van der Waals surface area contributed by atoms with Crippen LogP contribution in [0.4, 0.5) is 0 Å². The number of halogens is 1. The van der Waals surface area contributed by atoms with Crippen molar-refractivity contribution in [1.82, 2.24) is 4.98 Å². The highest BCUT2D eigenvalue weighted by Gasteiger charge is 2.26. The van der Waals surface area contributed by atoms with E-state index in [4.69, 9.17) is 21.1 Å². The zero-order chi connectivity index (χ0) is 20.8.